The van der Waals surface area contributed by atoms with E-state index in [-0.39, 0.29) is 25.0 Å². The lowest BCUT2D eigenvalue weighted by molar-refractivity contribution is -0.125. The monoisotopic (exact) mass is 522 g/mol. The van der Waals surface area contributed by atoms with Gasteiger partial charge >= 0.3 is 0 Å². The number of nitrogens with one attached hydrogen (secondary N) is 2. The SMILES string of the molecule is O=C(Nc1nc(-c2csc(NC(=O)C3COc4ccccc4O3)n2)cs1)C1COc2ccccc2O1. The minimum absolute atomic E-state index is 0.109. The van der Waals surface area contributed by atoms with Crippen LogP contribution < -0.4 is 29.6 Å². The summed E-state index contributed by atoms with van der Waals surface area (Å²) in [6.07, 6.45) is -1.57. The van der Waals surface area contributed by atoms with Gasteiger partial charge in [-0.2, -0.15) is 0 Å². The average Bonchev–Trinajstić information content (AvgIpc) is 3.57. The van der Waals surface area contributed by atoms with Gasteiger partial charge in [-0.15, -0.1) is 22.7 Å². The van der Waals surface area contributed by atoms with Gasteiger partial charge in [0, 0.05) is 10.8 Å². The molecule has 0 bridgehead atoms. The Morgan fingerprint density at radius 1 is 0.694 bits per heavy atom. The molecule has 12 heteroatoms. The zero-order valence-electron chi connectivity index (χ0n) is 18.5. The summed E-state index contributed by atoms with van der Waals surface area (Å²) in [6.45, 7) is 0.217. The van der Waals surface area contributed by atoms with Crippen LogP contribution >= 0.6 is 22.7 Å². The summed E-state index contributed by atoms with van der Waals surface area (Å²) in [4.78, 5) is 34.2. The molecular weight excluding hydrogens is 504 g/mol. The Morgan fingerprint density at radius 3 is 1.56 bits per heavy atom. The van der Waals surface area contributed by atoms with Crippen molar-refractivity contribution in [3.8, 4) is 34.4 Å². The molecule has 2 aliphatic heterocycles. The van der Waals surface area contributed by atoms with E-state index in [1.807, 2.05) is 24.3 Å². The number of benzene rings is 2. The van der Waals surface area contributed by atoms with Crippen molar-refractivity contribution in [3.63, 3.8) is 0 Å². The Hall–Kier alpha value is -4.16. The van der Waals surface area contributed by atoms with E-state index in [1.165, 1.54) is 22.7 Å². The second-order valence-corrected chi connectivity index (χ2v) is 9.50. The summed E-state index contributed by atoms with van der Waals surface area (Å²) in [7, 11) is 0. The summed E-state index contributed by atoms with van der Waals surface area (Å²) < 4.78 is 22.7. The summed E-state index contributed by atoms with van der Waals surface area (Å²) in [6, 6.07) is 14.4. The number of fused-ring (bicyclic) bond motifs is 2. The third kappa shape index (κ3) is 4.55. The number of aromatic nitrogens is 2. The van der Waals surface area contributed by atoms with Crippen molar-refractivity contribution >= 4 is 44.8 Å². The van der Waals surface area contributed by atoms with Crippen LogP contribution in [-0.2, 0) is 9.59 Å². The first kappa shape index (κ1) is 22.3. The molecule has 2 N–H and O–H groups in total. The molecule has 0 spiro atoms. The molecule has 0 saturated carbocycles. The average molecular weight is 523 g/mol. The quantitative estimate of drug-likeness (QED) is 0.406. The summed E-state index contributed by atoms with van der Waals surface area (Å²) >= 11 is 2.53. The third-order valence-corrected chi connectivity index (χ3v) is 6.85. The number of carbonyl (C=O) groups excluding carboxylic acids is 2. The first-order valence-corrected chi connectivity index (χ1v) is 12.7. The lowest BCUT2D eigenvalue weighted by Crippen LogP contribution is -2.40. The zero-order valence-corrected chi connectivity index (χ0v) is 20.1. The zero-order chi connectivity index (χ0) is 24.5. The van der Waals surface area contributed by atoms with E-state index >= 15 is 0 Å². The molecule has 2 unspecified atom stereocenters. The first-order chi connectivity index (χ1) is 17.6. The van der Waals surface area contributed by atoms with E-state index in [4.69, 9.17) is 18.9 Å². The van der Waals surface area contributed by atoms with Crippen molar-refractivity contribution in [1.29, 1.82) is 0 Å². The molecule has 4 aromatic rings. The number of nitrogens with zero attached hydrogens (tertiary/aromatic N) is 2. The Balaban J connectivity index is 1.06. The molecule has 0 radical (unpaired) electrons. The number of hydrogen-bond acceptors (Lipinski definition) is 10. The van der Waals surface area contributed by atoms with Crippen molar-refractivity contribution in [2.24, 2.45) is 0 Å². The van der Waals surface area contributed by atoms with Crippen LogP contribution in [0.1, 0.15) is 0 Å². The number of thiazole rings is 2. The molecule has 6 rings (SSSR count). The predicted octanol–water partition coefficient (Wildman–Crippen LogP) is 3.82. The fourth-order valence-electron chi connectivity index (χ4n) is 3.57. The molecule has 2 aromatic heterocycles. The molecule has 10 nitrogen and oxygen atoms in total. The molecule has 2 amide bonds. The van der Waals surface area contributed by atoms with Gasteiger partial charge in [-0.1, -0.05) is 24.3 Å². The Bertz CT molecular complexity index is 1330. The molecular formula is C24H18N4O6S2. The summed E-state index contributed by atoms with van der Waals surface area (Å²) in [5.41, 5.74) is 1.15. The van der Waals surface area contributed by atoms with E-state index in [9.17, 15) is 9.59 Å². The first-order valence-electron chi connectivity index (χ1n) is 10.9. The number of carbonyl (C=O) groups is 2. The highest BCUT2D eigenvalue weighted by Gasteiger charge is 2.29. The van der Waals surface area contributed by atoms with Gasteiger partial charge in [0.1, 0.15) is 24.6 Å². The van der Waals surface area contributed by atoms with E-state index < -0.39 is 12.2 Å². The topological polar surface area (TPSA) is 121 Å². The minimum Gasteiger partial charge on any atom is -0.485 e. The molecule has 0 saturated heterocycles. The maximum Gasteiger partial charge on any atom is 0.270 e. The molecule has 2 aliphatic rings. The van der Waals surface area contributed by atoms with Gasteiger partial charge in [0.2, 0.25) is 12.2 Å². The summed E-state index contributed by atoms with van der Waals surface area (Å²) in [5, 5.41) is 9.89. The Labute approximate surface area is 212 Å². The standard InChI is InChI=1S/C24H18N4O6S2/c29-21(19-9-31-15-5-1-3-7-17(15)33-19)27-23-25-13(11-35-23)14-12-36-24(26-14)28-22(30)20-10-32-16-6-2-4-8-18(16)34-20/h1-8,11-12,19-20H,9-10H2,(H,25,27,29)(H,26,28,30). The second kappa shape index (κ2) is 9.47. The van der Waals surface area contributed by atoms with Gasteiger partial charge in [-0.05, 0) is 24.3 Å². The summed E-state index contributed by atoms with van der Waals surface area (Å²) in [5.74, 6) is 1.56. The van der Waals surface area contributed by atoms with Gasteiger partial charge in [0.25, 0.3) is 11.8 Å². The number of amides is 2. The number of ether oxygens (including phenoxy) is 4. The van der Waals surface area contributed by atoms with Crippen molar-refractivity contribution < 1.29 is 28.5 Å². The van der Waals surface area contributed by atoms with Gasteiger partial charge in [-0.3, -0.25) is 20.2 Å². The normalized spacial score (nSPS) is 17.8. The van der Waals surface area contributed by atoms with Gasteiger partial charge in [0.15, 0.2) is 33.3 Å². The van der Waals surface area contributed by atoms with Crippen molar-refractivity contribution in [1.82, 2.24) is 9.97 Å². The fraction of sp³-hybridized carbons (Fsp3) is 0.167. The molecule has 36 heavy (non-hydrogen) atoms. The Morgan fingerprint density at radius 2 is 1.11 bits per heavy atom. The van der Waals surface area contributed by atoms with Crippen LogP contribution in [0, 0.1) is 0 Å². The lowest BCUT2D eigenvalue weighted by Gasteiger charge is -2.25. The highest BCUT2D eigenvalue weighted by molar-refractivity contribution is 7.15. The van der Waals surface area contributed by atoms with Crippen molar-refractivity contribution in [3.05, 3.63) is 59.3 Å². The highest BCUT2D eigenvalue weighted by atomic mass is 32.1. The minimum atomic E-state index is -0.786. The third-order valence-electron chi connectivity index (χ3n) is 5.33. The molecule has 0 aliphatic carbocycles. The van der Waals surface area contributed by atoms with Gasteiger partial charge < -0.3 is 18.9 Å². The van der Waals surface area contributed by atoms with Crippen LogP contribution in [0.25, 0.3) is 11.4 Å². The number of hydrogen-bond donors (Lipinski definition) is 2. The molecule has 182 valence electrons. The van der Waals surface area contributed by atoms with Crippen LogP contribution in [0.2, 0.25) is 0 Å². The van der Waals surface area contributed by atoms with E-state index in [0.29, 0.717) is 44.6 Å². The van der Waals surface area contributed by atoms with Gasteiger partial charge in [-0.25, -0.2) is 9.97 Å². The largest absolute Gasteiger partial charge is 0.485 e. The fourth-order valence-corrected chi connectivity index (χ4v) is 4.98. The smallest absolute Gasteiger partial charge is 0.270 e. The molecule has 2 aromatic carbocycles. The molecule has 2 atom stereocenters. The predicted molar refractivity (Wildman–Crippen MR) is 133 cm³/mol. The van der Waals surface area contributed by atoms with Crippen molar-refractivity contribution in [2.45, 2.75) is 12.2 Å². The number of rotatable bonds is 5. The van der Waals surface area contributed by atoms with Crippen molar-refractivity contribution in [2.75, 3.05) is 23.8 Å². The second-order valence-electron chi connectivity index (χ2n) is 7.78. The van der Waals surface area contributed by atoms with Crippen LogP contribution in [0.15, 0.2) is 59.3 Å². The van der Waals surface area contributed by atoms with E-state index in [0.717, 1.165) is 0 Å². The van der Waals surface area contributed by atoms with E-state index in [2.05, 4.69) is 20.6 Å². The lowest BCUT2D eigenvalue weighted by atomic mass is 10.2. The highest BCUT2D eigenvalue weighted by Crippen LogP contribution is 2.33. The molecule has 4 heterocycles. The van der Waals surface area contributed by atoms with Gasteiger partial charge in [0.05, 0.1) is 0 Å². The maximum atomic E-state index is 12.6. The van der Waals surface area contributed by atoms with Crippen LogP contribution in [-0.4, -0.2) is 47.2 Å². The number of anilines is 2. The van der Waals surface area contributed by atoms with Crippen LogP contribution in [0.3, 0.4) is 0 Å². The Kier molecular flexibility index (Phi) is 5.87. The van der Waals surface area contributed by atoms with Crippen LogP contribution in [0.4, 0.5) is 10.3 Å². The van der Waals surface area contributed by atoms with Crippen LogP contribution in [0.5, 0.6) is 23.0 Å². The van der Waals surface area contributed by atoms with E-state index in [1.54, 1.807) is 35.0 Å². The number of para-hydroxylation sites is 4. The maximum absolute atomic E-state index is 12.6. The molecule has 0 fully saturated rings.